The maximum Gasteiger partial charge on any atom is 0.196 e. The summed E-state index contributed by atoms with van der Waals surface area (Å²) < 4.78 is 32.1. The minimum Gasteiger partial charge on any atom is -0.744 e. The van der Waals surface area contributed by atoms with Crippen LogP contribution in [0.15, 0.2) is 65.6 Å². The molecule has 39 heavy (non-hydrogen) atoms. The number of aryl methyl sites for hydroxylation is 1. The van der Waals surface area contributed by atoms with Crippen molar-refractivity contribution in [1.82, 2.24) is 0 Å². The van der Waals surface area contributed by atoms with Crippen LogP contribution >= 0.6 is 11.8 Å². The standard InChI is InChI=1S/C22H27N3O2S.C7H8O3S/c1-25(2,13-14-28-3)12-6-11-24-18-10-9-17(23)19-20(18)22(27)16-8-5-4-7-15(16)21(19)26;1-6-2-4-7(5-3-6)11(8,9)10/h4-5,7-10H,6,11-14H2,1-3H3,(H2-,23,24,26,27);2-5H,1H3,(H,8,9,10). The quantitative estimate of drug-likeness (QED) is 0.133. The molecule has 0 atom stereocenters. The predicted octanol–water partition coefficient (Wildman–Crippen LogP) is 4.18. The first-order valence-electron chi connectivity index (χ1n) is 12.5. The first-order valence-corrected chi connectivity index (χ1v) is 15.3. The third-order valence-corrected chi connectivity index (χ3v) is 8.01. The van der Waals surface area contributed by atoms with Crippen molar-refractivity contribution >= 4 is 44.8 Å². The Balaban J connectivity index is 0.000000320. The van der Waals surface area contributed by atoms with E-state index in [0.717, 1.165) is 41.9 Å². The van der Waals surface area contributed by atoms with Crippen molar-refractivity contribution in [3.05, 3.63) is 88.5 Å². The highest BCUT2D eigenvalue weighted by Crippen LogP contribution is 2.35. The molecule has 0 radical (unpaired) electrons. The molecule has 8 nitrogen and oxygen atoms in total. The SMILES string of the molecule is CSCC[N+](C)(C)CCCNc1ccc(N)c2c1C(=O)c1ccccc1C2=O.Cc1ccc(S(=O)(=O)[O-])cc1. The van der Waals surface area contributed by atoms with Crippen LogP contribution in [-0.4, -0.2) is 74.8 Å². The Hall–Kier alpha value is -3.18. The number of hydrogen-bond donors (Lipinski definition) is 2. The van der Waals surface area contributed by atoms with Crippen molar-refractivity contribution in [3.8, 4) is 0 Å². The molecule has 0 amide bonds. The van der Waals surface area contributed by atoms with Gasteiger partial charge in [0.15, 0.2) is 11.6 Å². The van der Waals surface area contributed by atoms with E-state index in [0.29, 0.717) is 33.6 Å². The Labute approximate surface area is 234 Å². The second-order valence-corrected chi connectivity index (χ2v) is 12.4. The van der Waals surface area contributed by atoms with E-state index in [1.54, 1.807) is 48.5 Å². The zero-order valence-corrected chi connectivity index (χ0v) is 24.3. The number of nitrogens with zero attached hydrogens (tertiary/aromatic N) is 1. The van der Waals surface area contributed by atoms with Crippen LogP contribution < -0.4 is 11.1 Å². The van der Waals surface area contributed by atoms with Gasteiger partial charge in [0, 0.05) is 41.2 Å². The number of nitrogens with one attached hydrogen (secondary N) is 1. The highest BCUT2D eigenvalue weighted by atomic mass is 32.2. The van der Waals surface area contributed by atoms with Crippen LogP contribution in [0.3, 0.4) is 0 Å². The van der Waals surface area contributed by atoms with Crippen molar-refractivity contribution in [2.24, 2.45) is 0 Å². The van der Waals surface area contributed by atoms with Crippen LogP contribution in [0.1, 0.15) is 43.8 Å². The van der Waals surface area contributed by atoms with Crippen LogP contribution in [-0.2, 0) is 10.1 Å². The number of rotatable bonds is 9. The maximum atomic E-state index is 13.1. The Morgan fingerprint density at radius 2 is 1.49 bits per heavy atom. The van der Waals surface area contributed by atoms with Gasteiger partial charge in [-0.15, -0.1) is 0 Å². The number of thioether (sulfide) groups is 1. The molecule has 3 aromatic carbocycles. The summed E-state index contributed by atoms with van der Waals surface area (Å²) in [5.41, 5.74) is 9.64. The fourth-order valence-corrected chi connectivity index (χ4v) is 5.43. The molecule has 0 heterocycles. The highest BCUT2D eigenvalue weighted by molar-refractivity contribution is 7.98. The van der Waals surface area contributed by atoms with Crippen LogP contribution in [0.4, 0.5) is 11.4 Å². The Morgan fingerprint density at radius 1 is 0.897 bits per heavy atom. The summed E-state index contributed by atoms with van der Waals surface area (Å²) in [7, 11) is 0.203. The van der Waals surface area contributed by atoms with Gasteiger partial charge in [0.05, 0.1) is 43.2 Å². The maximum absolute atomic E-state index is 13.1. The van der Waals surface area contributed by atoms with Gasteiger partial charge >= 0.3 is 0 Å². The molecule has 208 valence electrons. The van der Waals surface area contributed by atoms with E-state index < -0.39 is 10.1 Å². The summed E-state index contributed by atoms with van der Waals surface area (Å²) in [4.78, 5) is 25.8. The molecule has 0 fully saturated rings. The Kier molecular flexibility index (Phi) is 9.95. The molecule has 3 aromatic rings. The fraction of sp³-hybridized carbons (Fsp3) is 0.310. The molecular formula is C29H35N3O5S2. The summed E-state index contributed by atoms with van der Waals surface area (Å²) in [6.07, 6.45) is 3.10. The Bertz CT molecular complexity index is 1450. The minimum absolute atomic E-state index is 0.143. The van der Waals surface area contributed by atoms with Gasteiger partial charge in [0.2, 0.25) is 0 Å². The number of anilines is 2. The first kappa shape index (κ1) is 30.4. The van der Waals surface area contributed by atoms with Crippen molar-refractivity contribution in [3.63, 3.8) is 0 Å². The van der Waals surface area contributed by atoms with E-state index in [9.17, 15) is 22.6 Å². The third kappa shape index (κ3) is 7.69. The van der Waals surface area contributed by atoms with E-state index in [2.05, 4.69) is 25.7 Å². The molecule has 0 bridgehead atoms. The van der Waals surface area contributed by atoms with E-state index in [-0.39, 0.29) is 16.5 Å². The lowest BCUT2D eigenvalue weighted by molar-refractivity contribution is -0.887. The summed E-state index contributed by atoms with van der Waals surface area (Å²) in [5, 5.41) is 3.37. The van der Waals surface area contributed by atoms with Crippen molar-refractivity contribution in [1.29, 1.82) is 0 Å². The number of carbonyl (C=O) groups excluding carboxylic acids is 2. The van der Waals surface area contributed by atoms with Gasteiger partial charge in [-0.2, -0.15) is 11.8 Å². The van der Waals surface area contributed by atoms with Gasteiger partial charge in [-0.25, -0.2) is 8.42 Å². The third-order valence-electron chi connectivity index (χ3n) is 6.57. The number of fused-ring (bicyclic) bond motifs is 2. The van der Waals surface area contributed by atoms with Crippen LogP contribution in [0, 0.1) is 6.92 Å². The van der Waals surface area contributed by atoms with E-state index in [4.69, 9.17) is 5.73 Å². The lowest BCUT2D eigenvalue weighted by atomic mass is 9.82. The highest BCUT2D eigenvalue weighted by Gasteiger charge is 2.33. The van der Waals surface area contributed by atoms with Gasteiger partial charge in [-0.1, -0.05) is 42.0 Å². The van der Waals surface area contributed by atoms with E-state index in [1.165, 1.54) is 12.1 Å². The minimum atomic E-state index is -4.27. The normalized spacial score (nSPS) is 12.7. The van der Waals surface area contributed by atoms with Gasteiger partial charge in [0.1, 0.15) is 10.1 Å². The average Bonchev–Trinajstić information content (AvgIpc) is 2.89. The zero-order chi connectivity index (χ0) is 28.8. The summed E-state index contributed by atoms with van der Waals surface area (Å²) in [6.45, 7) is 4.73. The monoisotopic (exact) mass is 569 g/mol. The molecule has 0 aromatic heterocycles. The number of nitrogens with two attached hydrogens (primary N) is 1. The van der Waals surface area contributed by atoms with Crippen LogP contribution in [0.25, 0.3) is 0 Å². The second kappa shape index (κ2) is 12.8. The van der Waals surface area contributed by atoms with Gasteiger partial charge in [-0.05, 0) is 37.4 Å². The number of nitrogen functional groups attached to an aromatic ring is 1. The number of carbonyl (C=O) groups is 2. The smallest absolute Gasteiger partial charge is 0.196 e. The lowest BCUT2D eigenvalue weighted by Crippen LogP contribution is -2.42. The first-order chi connectivity index (χ1) is 18.4. The molecule has 4 rings (SSSR count). The van der Waals surface area contributed by atoms with Gasteiger partial charge in [0.25, 0.3) is 0 Å². The summed E-state index contributed by atoms with van der Waals surface area (Å²) in [6, 6.07) is 16.2. The second-order valence-electron chi connectivity index (χ2n) is 10.1. The fourth-order valence-electron chi connectivity index (χ4n) is 4.28. The molecule has 0 saturated carbocycles. The topological polar surface area (TPSA) is 129 Å². The molecule has 0 aliphatic heterocycles. The van der Waals surface area contributed by atoms with E-state index >= 15 is 0 Å². The average molecular weight is 570 g/mol. The molecule has 10 heteroatoms. The molecule has 1 aliphatic rings. The Morgan fingerprint density at radius 3 is 2.05 bits per heavy atom. The lowest BCUT2D eigenvalue weighted by Gasteiger charge is -2.29. The molecule has 0 saturated heterocycles. The molecule has 0 spiro atoms. The largest absolute Gasteiger partial charge is 0.744 e. The zero-order valence-electron chi connectivity index (χ0n) is 22.7. The van der Waals surface area contributed by atoms with Gasteiger partial charge in [-0.3, -0.25) is 9.59 Å². The number of benzene rings is 3. The predicted molar refractivity (Wildman–Crippen MR) is 157 cm³/mol. The van der Waals surface area contributed by atoms with Crippen molar-refractivity contribution in [2.75, 3.05) is 56.8 Å². The van der Waals surface area contributed by atoms with Crippen LogP contribution in [0.5, 0.6) is 0 Å². The van der Waals surface area contributed by atoms with Crippen LogP contribution in [0.2, 0.25) is 0 Å². The molecule has 0 unspecified atom stereocenters. The van der Waals surface area contributed by atoms with Crippen molar-refractivity contribution in [2.45, 2.75) is 18.2 Å². The number of quaternary nitrogens is 1. The molecule has 1 aliphatic carbocycles. The van der Waals surface area contributed by atoms with Crippen molar-refractivity contribution < 1.29 is 27.0 Å². The summed E-state index contributed by atoms with van der Waals surface area (Å²) in [5.74, 6) is 0.819. The summed E-state index contributed by atoms with van der Waals surface area (Å²) >= 11 is 1.86. The number of ketones is 2. The van der Waals surface area contributed by atoms with Gasteiger partial charge < -0.3 is 20.1 Å². The molecular weight excluding hydrogens is 534 g/mol. The van der Waals surface area contributed by atoms with E-state index in [1.807, 2.05) is 18.7 Å². The number of hydrogen-bond acceptors (Lipinski definition) is 8. The molecule has 3 N–H and O–H groups in total.